The van der Waals surface area contributed by atoms with Crippen molar-refractivity contribution in [2.45, 2.75) is 4.90 Å². The summed E-state index contributed by atoms with van der Waals surface area (Å²) in [5.41, 5.74) is 4.79. The molecule has 0 saturated heterocycles. The molecule has 0 spiro atoms. The molecule has 2 N–H and O–H groups in total. The Kier molecular flexibility index (Phi) is 7.89. The number of halogens is 2. The van der Waals surface area contributed by atoms with Crippen molar-refractivity contribution in [3.8, 4) is 0 Å². The highest BCUT2D eigenvalue weighted by molar-refractivity contribution is 7.94. The van der Waals surface area contributed by atoms with E-state index >= 15 is 0 Å². The molecule has 0 atom stereocenters. The minimum Gasteiger partial charge on any atom is -0.366 e. The molecular weight excluding hydrogens is 273 g/mol. The largest absolute Gasteiger partial charge is 0.366 e. The van der Waals surface area contributed by atoms with Crippen LogP contribution in [0.25, 0.3) is 0 Å². The highest BCUT2D eigenvalue weighted by atomic mass is 35.5. The third kappa shape index (κ3) is 5.16. The molecule has 0 aromatic heterocycles. The first-order chi connectivity index (χ1) is 6.52. The van der Waals surface area contributed by atoms with Crippen molar-refractivity contribution in [3.05, 3.63) is 41.8 Å². The SMILES string of the molecule is Cl.Cl.NC(=O)C=CS(=O)(=O)c1ccccc1. The molecule has 16 heavy (non-hydrogen) atoms. The normalized spacial score (nSPS) is 10.2. The summed E-state index contributed by atoms with van der Waals surface area (Å²) in [4.78, 5) is 10.5. The number of primary amides is 1. The Labute approximate surface area is 106 Å². The zero-order chi connectivity index (χ0) is 10.6. The molecule has 0 radical (unpaired) electrons. The number of amides is 1. The molecule has 1 rings (SSSR count). The van der Waals surface area contributed by atoms with Crippen LogP contribution in [-0.2, 0) is 14.6 Å². The Morgan fingerprint density at radius 2 is 1.62 bits per heavy atom. The predicted octanol–water partition coefficient (Wildman–Crippen LogP) is 1.30. The fourth-order valence-corrected chi connectivity index (χ4v) is 1.85. The zero-order valence-corrected chi connectivity index (χ0v) is 10.5. The van der Waals surface area contributed by atoms with Gasteiger partial charge in [-0.25, -0.2) is 8.42 Å². The van der Waals surface area contributed by atoms with Gasteiger partial charge in [-0.2, -0.15) is 0 Å². The maximum absolute atomic E-state index is 11.4. The molecule has 0 aliphatic rings. The van der Waals surface area contributed by atoms with Gasteiger partial charge in [-0.15, -0.1) is 24.8 Å². The summed E-state index contributed by atoms with van der Waals surface area (Å²) in [6.45, 7) is 0. The Bertz CT molecular complexity index is 457. The number of hydrogen-bond acceptors (Lipinski definition) is 3. The van der Waals surface area contributed by atoms with Crippen LogP contribution < -0.4 is 5.73 Å². The van der Waals surface area contributed by atoms with Crippen LogP contribution >= 0.6 is 24.8 Å². The Balaban J connectivity index is 0. The highest BCUT2D eigenvalue weighted by Gasteiger charge is 2.08. The average molecular weight is 284 g/mol. The summed E-state index contributed by atoms with van der Waals surface area (Å²) in [5, 5.41) is 0.796. The molecule has 0 bridgehead atoms. The molecule has 0 aliphatic carbocycles. The van der Waals surface area contributed by atoms with Gasteiger partial charge in [0.05, 0.1) is 4.90 Å². The summed E-state index contributed by atoms with van der Waals surface area (Å²) in [6.07, 6.45) is 0.822. The van der Waals surface area contributed by atoms with Crippen LogP contribution in [-0.4, -0.2) is 14.3 Å². The van der Waals surface area contributed by atoms with E-state index in [-0.39, 0.29) is 29.7 Å². The quantitative estimate of drug-likeness (QED) is 0.850. The van der Waals surface area contributed by atoms with Crippen LogP contribution in [0.3, 0.4) is 0 Å². The van der Waals surface area contributed by atoms with E-state index in [1.165, 1.54) is 12.1 Å². The van der Waals surface area contributed by atoms with Gasteiger partial charge in [0.25, 0.3) is 0 Å². The van der Waals surface area contributed by atoms with Gasteiger partial charge in [0.1, 0.15) is 0 Å². The van der Waals surface area contributed by atoms with E-state index in [1.54, 1.807) is 18.2 Å². The van der Waals surface area contributed by atoms with Gasteiger partial charge in [-0.3, -0.25) is 4.79 Å². The molecule has 0 fully saturated rings. The van der Waals surface area contributed by atoms with Gasteiger partial charge in [-0.1, -0.05) is 18.2 Å². The smallest absolute Gasteiger partial charge is 0.242 e. The molecule has 1 aromatic rings. The number of carbonyl (C=O) groups is 1. The van der Waals surface area contributed by atoms with Crippen molar-refractivity contribution < 1.29 is 13.2 Å². The lowest BCUT2D eigenvalue weighted by atomic mass is 10.4. The number of sulfone groups is 1. The fraction of sp³-hybridized carbons (Fsp3) is 0. The first-order valence-electron chi connectivity index (χ1n) is 3.80. The first kappa shape index (κ1) is 17.4. The van der Waals surface area contributed by atoms with Crippen molar-refractivity contribution in [2.24, 2.45) is 5.73 Å². The Morgan fingerprint density at radius 3 is 2.06 bits per heavy atom. The lowest BCUT2D eigenvalue weighted by Crippen LogP contribution is -2.07. The van der Waals surface area contributed by atoms with E-state index in [0.29, 0.717) is 0 Å². The average Bonchev–Trinajstić information content (AvgIpc) is 2.16. The van der Waals surface area contributed by atoms with Gasteiger partial charge in [0.15, 0.2) is 9.84 Å². The van der Waals surface area contributed by atoms with E-state index < -0.39 is 15.7 Å². The van der Waals surface area contributed by atoms with Crippen LogP contribution in [0.1, 0.15) is 0 Å². The monoisotopic (exact) mass is 283 g/mol. The van der Waals surface area contributed by atoms with Crippen molar-refractivity contribution in [3.63, 3.8) is 0 Å². The van der Waals surface area contributed by atoms with Crippen molar-refractivity contribution in [1.29, 1.82) is 0 Å². The Morgan fingerprint density at radius 1 is 1.12 bits per heavy atom. The Hall–Kier alpha value is -1.04. The van der Waals surface area contributed by atoms with Crippen LogP contribution in [0.5, 0.6) is 0 Å². The van der Waals surface area contributed by atoms with E-state index in [9.17, 15) is 13.2 Å². The predicted molar refractivity (Wildman–Crippen MR) is 66.5 cm³/mol. The lowest BCUT2D eigenvalue weighted by Gasteiger charge is -1.96. The first-order valence-corrected chi connectivity index (χ1v) is 5.34. The van der Waals surface area contributed by atoms with E-state index in [2.05, 4.69) is 0 Å². The molecule has 0 heterocycles. The van der Waals surface area contributed by atoms with Crippen LogP contribution in [0.15, 0.2) is 46.7 Å². The van der Waals surface area contributed by atoms with Crippen molar-refractivity contribution >= 4 is 40.6 Å². The minimum atomic E-state index is -3.54. The summed E-state index contributed by atoms with van der Waals surface area (Å²) in [7, 11) is -3.54. The molecular formula is C9H11Cl2NO3S. The zero-order valence-electron chi connectivity index (χ0n) is 8.07. The van der Waals surface area contributed by atoms with Crippen LogP contribution in [0.2, 0.25) is 0 Å². The minimum absolute atomic E-state index is 0. The summed E-state index contributed by atoms with van der Waals surface area (Å²) in [6, 6.07) is 7.80. The molecule has 0 saturated carbocycles. The molecule has 1 amide bonds. The summed E-state index contributed by atoms with van der Waals surface area (Å²) in [5.74, 6) is -0.787. The van der Waals surface area contributed by atoms with Crippen LogP contribution in [0, 0.1) is 0 Å². The second kappa shape index (κ2) is 7.27. The fourth-order valence-electron chi connectivity index (χ4n) is 0.845. The second-order valence-corrected chi connectivity index (χ2v) is 4.40. The van der Waals surface area contributed by atoms with Gasteiger partial charge >= 0.3 is 0 Å². The van der Waals surface area contributed by atoms with E-state index in [4.69, 9.17) is 5.73 Å². The molecule has 1 aromatic carbocycles. The molecule has 4 nitrogen and oxygen atoms in total. The van der Waals surface area contributed by atoms with Crippen molar-refractivity contribution in [2.75, 3.05) is 0 Å². The number of benzene rings is 1. The van der Waals surface area contributed by atoms with E-state index in [1.807, 2.05) is 0 Å². The van der Waals surface area contributed by atoms with Gasteiger partial charge in [0.2, 0.25) is 5.91 Å². The maximum Gasteiger partial charge on any atom is 0.242 e. The summed E-state index contributed by atoms with van der Waals surface area (Å²) < 4.78 is 22.9. The molecule has 7 heteroatoms. The van der Waals surface area contributed by atoms with Gasteiger partial charge < -0.3 is 5.73 Å². The van der Waals surface area contributed by atoms with Crippen LogP contribution in [0.4, 0.5) is 0 Å². The number of rotatable bonds is 3. The molecule has 0 aliphatic heterocycles. The van der Waals surface area contributed by atoms with Crippen molar-refractivity contribution in [1.82, 2.24) is 0 Å². The standard InChI is InChI=1S/C9H9NO3S.2ClH/c10-9(11)6-7-14(12,13)8-4-2-1-3-5-8;;/h1-7H,(H2,10,11);2*1H. The third-order valence-electron chi connectivity index (χ3n) is 1.48. The maximum atomic E-state index is 11.4. The number of carbonyl (C=O) groups excluding carboxylic acids is 1. The third-order valence-corrected chi connectivity index (χ3v) is 2.91. The van der Waals surface area contributed by atoms with Gasteiger partial charge in [0, 0.05) is 11.5 Å². The lowest BCUT2D eigenvalue weighted by molar-refractivity contribution is -0.113. The topological polar surface area (TPSA) is 77.2 Å². The number of nitrogens with two attached hydrogens (primary N) is 1. The number of hydrogen-bond donors (Lipinski definition) is 1. The highest BCUT2D eigenvalue weighted by Crippen LogP contribution is 2.10. The molecule has 90 valence electrons. The molecule has 0 unspecified atom stereocenters. The van der Waals surface area contributed by atoms with E-state index in [0.717, 1.165) is 11.5 Å². The summed E-state index contributed by atoms with van der Waals surface area (Å²) >= 11 is 0. The second-order valence-electron chi connectivity index (χ2n) is 2.56. The van der Waals surface area contributed by atoms with Gasteiger partial charge in [-0.05, 0) is 12.1 Å².